The van der Waals surface area contributed by atoms with Crippen LogP contribution >= 0.6 is 0 Å². The number of hydrogen-bond donors (Lipinski definition) is 3. The Balaban J connectivity index is 1.55. The fourth-order valence-corrected chi connectivity index (χ4v) is 5.13. The van der Waals surface area contributed by atoms with Gasteiger partial charge in [-0.15, -0.1) is 0 Å². The largest absolute Gasteiger partial charge is 0.508 e. The van der Waals surface area contributed by atoms with Gasteiger partial charge in [-0.25, -0.2) is 8.42 Å². The van der Waals surface area contributed by atoms with E-state index in [1.165, 1.54) is 41.7 Å². The molecule has 2 aromatic rings. The molecule has 1 heterocycles. The van der Waals surface area contributed by atoms with Crippen LogP contribution in [0.25, 0.3) is 0 Å². The Labute approximate surface area is 187 Å². The lowest BCUT2D eigenvalue weighted by Gasteiger charge is -2.18. The molecule has 9 nitrogen and oxygen atoms in total. The van der Waals surface area contributed by atoms with Crippen LogP contribution in [0.3, 0.4) is 0 Å². The van der Waals surface area contributed by atoms with Crippen molar-refractivity contribution in [3.05, 3.63) is 53.6 Å². The van der Waals surface area contributed by atoms with Gasteiger partial charge in [-0.1, -0.05) is 6.07 Å². The van der Waals surface area contributed by atoms with Crippen LogP contribution in [0.1, 0.15) is 40.0 Å². The Morgan fingerprint density at radius 2 is 1.62 bits per heavy atom. The minimum absolute atomic E-state index is 0.00974. The molecule has 10 heteroatoms. The van der Waals surface area contributed by atoms with Crippen LogP contribution in [0.4, 0.5) is 0 Å². The van der Waals surface area contributed by atoms with Crippen molar-refractivity contribution >= 4 is 21.8 Å². The van der Waals surface area contributed by atoms with Crippen LogP contribution in [0.5, 0.6) is 11.5 Å². The van der Waals surface area contributed by atoms with Gasteiger partial charge in [0, 0.05) is 37.3 Å². The van der Waals surface area contributed by atoms with Crippen LogP contribution in [0.2, 0.25) is 0 Å². The van der Waals surface area contributed by atoms with E-state index in [1.807, 2.05) is 0 Å². The van der Waals surface area contributed by atoms with Gasteiger partial charge in [0.15, 0.2) is 0 Å². The second-order valence-corrected chi connectivity index (χ2v) is 9.30. The third-order valence-electron chi connectivity index (χ3n) is 5.14. The molecule has 0 radical (unpaired) electrons. The van der Waals surface area contributed by atoms with Gasteiger partial charge < -0.3 is 20.5 Å². The van der Waals surface area contributed by atoms with Gasteiger partial charge in [0.1, 0.15) is 16.4 Å². The number of methoxy groups -OCH3 is 1. The molecule has 0 aliphatic carbocycles. The lowest BCUT2D eigenvalue weighted by atomic mass is 10.2. The summed E-state index contributed by atoms with van der Waals surface area (Å²) in [7, 11) is -2.35. The standard InChI is InChI=1S/C22H27N3O6S/c1-31-19-9-8-17(15-20(19)32(29,30)25-12-2-3-13-25)22(28)24-11-5-10-23-21(27)16-6-4-7-18(26)14-16/h4,6-9,14-15,26H,2-3,5,10-13H2,1H3,(H,23,27)(H,24,28). The predicted molar refractivity (Wildman–Crippen MR) is 118 cm³/mol. The maximum absolute atomic E-state index is 12.9. The van der Waals surface area contributed by atoms with Crippen LogP contribution in [-0.2, 0) is 10.0 Å². The molecule has 0 unspecified atom stereocenters. The zero-order valence-electron chi connectivity index (χ0n) is 17.8. The summed E-state index contributed by atoms with van der Waals surface area (Å²) in [5.41, 5.74) is 0.561. The van der Waals surface area contributed by atoms with E-state index in [1.54, 1.807) is 12.1 Å². The molecular weight excluding hydrogens is 434 g/mol. The zero-order chi connectivity index (χ0) is 23.1. The van der Waals surface area contributed by atoms with E-state index in [2.05, 4.69) is 10.6 Å². The average Bonchev–Trinajstić information content (AvgIpc) is 3.34. The summed E-state index contributed by atoms with van der Waals surface area (Å²) in [4.78, 5) is 24.5. The summed E-state index contributed by atoms with van der Waals surface area (Å²) < 4.78 is 32.5. The molecular formula is C22H27N3O6S. The average molecular weight is 462 g/mol. The lowest BCUT2D eigenvalue weighted by molar-refractivity contribution is 0.0951. The molecule has 1 fully saturated rings. The molecule has 2 aromatic carbocycles. The van der Waals surface area contributed by atoms with E-state index in [0.29, 0.717) is 38.2 Å². The van der Waals surface area contributed by atoms with Crippen molar-refractivity contribution in [1.82, 2.24) is 14.9 Å². The number of rotatable bonds is 9. The van der Waals surface area contributed by atoms with E-state index >= 15 is 0 Å². The summed E-state index contributed by atoms with van der Waals surface area (Å²) in [6.07, 6.45) is 2.10. The first-order valence-corrected chi connectivity index (χ1v) is 11.8. The lowest BCUT2D eigenvalue weighted by Crippen LogP contribution is -2.30. The summed E-state index contributed by atoms with van der Waals surface area (Å²) in [5.74, 6) is -0.525. The molecule has 1 saturated heterocycles. The Morgan fingerprint density at radius 3 is 2.22 bits per heavy atom. The van der Waals surface area contributed by atoms with E-state index in [4.69, 9.17) is 4.74 Å². The van der Waals surface area contributed by atoms with Crippen LogP contribution in [0.15, 0.2) is 47.4 Å². The molecule has 0 saturated carbocycles. The first-order chi connectivity index (χ1) is 15.3. The van der Waals surface area contributed by atoms with E-state index < -0.39 is 15.9 Å². The van der Waals surface area contributed by atoms with E-state index in [9.17, 15) is 23.1 Å². The number of phenols is 1. The van der Waals surface area contributed by atoms with Crippen molar-refractivity contribution in [2.45, 2.75) is 24.2 Å². The highest BCUT2D eigenvalue weighted by Crippen LogP contribution is 2.29. The van der Waals surface area contributed by atoms with Crippen molar-refractivity contribution in [2.24, 2.45) is 0 Å². The van der Waals surface area contributed by atoms with Gasteiger partial charge in [-0.2, -0.15) is 4.31 Å². The van der Waals surface area contributed by atoms with Crippen molar-refractivity contribution in [3.8, 4) is 11.5 Å². The minimum Gasteiger partial charge on any atom is -0.508 e. The highest BCUT2D eigenvalue weighted by Gasteiger charge is 2.30. The number of aromatic hydroxyl groups is 1. The van der Waals surface area contributed by atoms with Crippen LogP contribution in [0, 0.1) is 0 Å². The Hall–Kier alpha value is -3.11. The van der Waals surface area contributed by atoms with Crippen molar-refractivity contribution in [2.75, 3.05) is 33.3 Å². The third-order valence-corrected chi connectivity index (χ3v) is 7.06. The molecule has 172 valence electrons. The number of amides is 2. The maximum Gasteiger partial charge on any atom is 0.251 e. The van der Waals surface area contributed by atoms with Gasteiger partial charge >= 0.3 is 0 Å². The first kappa shape index (κ1) is 23.6. The minimum atomic E-state index is -3.74. The number of benzene rings is 2. The fraction of sp³-hybridized carbons (Fsp3) is 0.364. The van der Waals surface area contributed by atoms with Crippen LogP contribution < -0.4 is 15.4 Å². The highest BCUT2D eigenvalue weighted by atomic mass is 32.2. The number of nitrogens with zero attached hydrogens (tertiary/aromatic N) is 1. The molecule has 1 aliphatic heterocycles. The molecule has 0 aromatic heterocycles. The van der Waals surface area contributed by atoms with E-state index in [-0.39, 0.29) is 27.9 Å². The normalized spacial score (nSPS) is 14.2. The summed E-state index contributed by atoms with van der Waals surface area (Å²) >= 11 is 0. The number of sulfonamides is 1. The molecule has 3 rings (SSSR count). The number of carbonyl (C=O) groups is 2. The molecule has 0 atom stereocenters. The smallest absolute Gasteiger partial charge is 0.251 e. The summed E-state index contributed by atoms with van der Waals surface area (Å²) in [5, 5.41) is 14.9. The fourth-order valence-electron chi connectivity index (χ4n) is 3.43. The highest BCUT2D eigenvalue weighted by molar-refractivity contribution is 7.89. The summed E-state index contributed by atoms with van der Waals surface area (Å²) in [6, 6.07) is 10.4. The van der Waals surface area contributed by atoms with Gasteiger partial charge in [0.25, 0.3) is 11.8 Å². The number of carbonyl (C=O) groups excluding carboxylic acids is 2. The van der Waals surface area contributed by atoms with Crippen molar-refractivity contribution in [3.63, 3.8) is 0 Å². The molecule has 32 heavy (non-hydrogen) atoms. The zero-order valence-corrected chi connectivity index (χ0v) is 18.7. The number of hydrogen-bond acceptors (Lipinski definition) is 6. The van der Waals surface area contributed by atoms with Crippen LogP contribution in [-0.4, -0.2) is 62.9 Å². The number of ether oxygens (including phenoxy) is 1. The van der Waals surface area contributed by atoms with Gasteiger partial charge in [-0.3, -0.25) is 9.59 Å². The second kappa shape index (κ2) is 10.5. The SMILES string of the molecule is COc1ccc(C(=O)NCCCNC(=O)c2cccc(O)c2)cc1S(=O)(=O)N1CCCC1. The van der Waals surface area contributed by atoms with Gasteiger partial charge in [0.05, 0.1) is 7.11 Å². The molecule has 0 bridgehead atoms. The topological polar surface area (TPSA) is 125 Å². The number of nitrogens with one attached hydrogen (secondary N) is 2. The second-order valence-electron chi connectivity index (χ2n) is 7.39. The predicted octanol–water partition coefficient (Wildman–Crippen LogP) is 1.74. The Morgan fingerprint density at radius 1 is 1.00 bits per heavy atom. The van der Waals surface area contributed by atoms with Gasteiger partial charge in [-0.05, 0) is 55.7 Å². The monoisotopic (exact) mass is 461 g/mol. The molecule has 3 N–H and O–H groups in total. The quantitative estimate of drug-likeness (QED) is 0.489. The van der Waals surface area contributed by atoms with Gasteiger partial charge in [0.2, 0.25) is 10.0 Å². The molecule has 2 amide bonds. The third kappa shape index (κ3) is 5.57. The Kier molecular flexibility index (Phi) is 7.70. The molecule has 0 spiro atoms. The summed E-state index contributed by atoms with van der Waals surface area (Å²) in [6.45, 7) is 1.53. The van der Waals surface area contributed by atoms with Crippen molar-refractivity contribution < 1.29 is 27.9 Å². The van der Waals surface area contributed by atoms with E-state index in [0.717, 1.165) is 12.8 Å². The van der Waals surface area contributed by atoms with Crippen molar-refractivity contribution in [1.29, 1.82) is 0 Å². The maximum atomic E-state index is 12.9. The number of phenolic OH excluding ortho intramolecular Hbond substituents is 1. The first-order valence-electron chi connectivity index (χ1n) is 10.4. The molecule has 1 aliphatic rings. The Bertz CT molecular complexity index is 1080.